The first-order valence-electron chi connectivity index (χ1n) is 27.6. The number of rotatable bonds is 51. The Morgan fingerprint density at radius 1 is 0.383 bits per heavy atom. The summed E-state index contributed by atoms with van der Waals surface area (Å²) in [6.07, 6.45) is 69.3. The molecular weight excluding hydrogens is 735 g/mol. The van der Waals surface area contributed by atoms with Crippen molar-refractivity contribution in [3.05, 3.63) is 24.3 Å². The number of hydrogen-bond donors (Lipinski definition) is 3. The average Bonchev–Trinajstić information content (AvgIpc) is 3.25. The lowest BCUT2D eigenvalue weighted by Gasteiger charge is -2.19. The normalized spacial score (nSPS) is 12.9. The molecular formula is C56H109NO3. The van der Waals surface area contributed by atoms with Crippen molar-refractivity contribution >= 4 is 5.91 Å². The summed E-state index contributed by atoms with van der Waals surface area (Å²) in [4.78, 5) is 12.4. The van der Waals surface area contributed by atoms with Gasteiger partial charge < -0.3 is 15.5 Å². The van der Waals surface area contributed by atoms with E-state index in [1.54, 1.807) is 6.08 Å². The Kier molecular flexibility index (Phi) is 51.2. The van der Waals surface area contributed by atoms with Crippen LogP contribution in [0.5, 0.6) is 0 Å². The summed E-state index contributed by atoms with van der Waals surface area (Å²) in [5.41, 5.74) is 0. The lowest BCUT2D eigenvalue weighted by molar-refractivity contribution is -0.123. The van der Waals surface area contributed by atoms with Gasteiger partial charge in [-0.3, -0.25) is 4.79 Å². The van der Waals surface area contributed by atoms with Crippen LogP contribution < -0.4 is 5.32 Å². The van der Waals surface area contributed by atoms with Gasteiger partial charge in [0.25, 0.3) is 0 Å². The highest BCUT2D eigenvalue weighted by Gasteiger charge is 2.18. The predicted molar refractivity (Wildman–Crippen MR) is 267 cm³/mol. The van der Waals surface area contributed by atoms with Gasteiger partial charge in [0.05, 0.1) is 18.8 Å². The number of amides is 1. The molecule has 0 radical (unpaired) electrons. The molecule has 0 heterocycles. The summed E-state index contributed by atoms with van der Waals surface area (Å²) in [6, 6.07) is -0.635. The average molecular weight is 844 g/mol. The number of carbonyl (C=O) groups excluding carboxylic acids is 1. The molecule has 0 bridgehead atoms. The standard InChI is InChI=1S/C56H109NO3/c1-3-5-7-9-11-13-15-17-19-20-21-22-23-24-25-26-27-28-29-30-31-32-33-34-35-36-37-38-40-42-44-46-48-50-52-56(60)57-54(53-58)55(59)51-49-47-45-43-41-39-18-16-14-12-10-8-6-4-2/h41,43,49,51,54-55,58-59H,3-40,42,44-48,50,52-53H2,1-2H3,(H,57,60)/b43-41+,51-49+. The van der Waals surface area contributed by atoms with Gasteiger partial charge >= 0.3 is 0 Å². The molecule has 356 valence electrons. The molecule has 0 aromatic rings. The summed E-state index contributed by atoms with van der Waals surface area (Å²) in [7, 11) is 0. The molecule has 0 rings (SSSR count). The molecule has 0 saturated carbocycles. The van der Waals surface area contributed by atoms with Crippen LogP contribution in [0.4, 0.5) is 0 Å². The van der Waals surface area contributed by atoms with Gasteiger partial charge in [0, 0.05) is 6.42 Å². The molecule has 0 aliphatic rings. The lowest BCUT2D eigenvalue weighted by atomic mass is 10.0. The number of allylic oxidation sites excluding steroid dienone is 3. The summed E-state index contributed by atoms with van der Waals surface area (Å²) >= 11 is 0. The molecule has 0 aromatic carbocycles. The summed E-state index contributed by atoms with van der Waals surface area (Å²) < 4.78 is 0. The number of unbranched alkanes of at least 4 members (excludes halogenated alkanes) is 42. The van der Waals surface area contributed by atoms with Crippen molar-refractivity contribution in [3.63, 3.8) is 0 Å². The maximum absolute atomic E-state index is 12.4. The van der Waals surface area contributed by atoms with E-state index in [1.165, 1.54) is 257 Å². The van der Waals surface area contributed by atoms with Gasteiger partial charge in [0.15, 0.2) is 0 Å². The first kappa shape index (κ1) is 58.9. The third kappa shape index (κ3) is 47.9. The first-order valence-corrected chi connectivity index (χ1v) is 27.6. The monoisotopic (exact) mass is 844 g/mol. The van der Waals surface area contributed by atoms with Crippen molar-refractivity contribution in [2.45, 2.75) is 321 Å². The Hall–Kier alpha value is -1.13. The fourth-order valence-corrected chi connectivity index (χ4v) is 8.73. The van der Waals surface area contributed by atoms with Crippen molar-refractivity contribution in [1.29, 1.82) is 0 Å². The molecule has 0 saturated heterocycles. The van der Waals surface area contributed by atoms with Gasteiger partial charge in [0.1, 0.15) is 0 Å². The zero-order chi connectivity index (χ0) is 43.5. The number of aliphatic hydroxyl groups excluding tert-OH is 2. The third-order valence-corrected chi connectivity index (χ3v) is 12.9. The molecule has 0 spiro atoms. The molecule has 0 aliphatic heterocycles. The van der Waals surface area contributed by atoms with E-state index in [0.717, 1.165) is 32.1 Å². The van der Waals surface area contributed by atoms with Gasteiger partial charge in [-0.2, -0.15) is 0 Å². The fraction of sp³-hybridized carbons (Fsp3) is 0.911. The van der Waals surface area contributed by atoms with E-state index in [4.69, 9.17) is 0 Å². The van der Waals surface area contributed by atoms with Gasteiger partial charge in [-0.15, -0.1) is 0 Å². The molecule has 4 nitrogen and oxygen atoms in total. The topological polar surface area (TPSA) is 69.6 Å². The molecule has 0 aromatic heterocycles. The largest absolute Gasteiger partial charge is 0.394 e. The van der Waals surface area contributed by atoms with Crippen molar-refractivity contribution in [2.24, 2.45) is 0 Å². The summed E-state index contributed by atoms with van der Waals surface area (Å²) in [6.45, 7) is 4.32. The van der Waals surface area contributed by atoms with E-state index in [1.807, 2.05) is 6.08 Å². The smallest absolute Gasteiger partial charge is 0.220 e. The number of aliphatic hydroxyl groups is 2. The molecule has 0 aliphatic carbocycles. The number of nitrogens with one attached hydrogen (secondary N) is 1. The third-order valence-electron chi connectivity index (χ3n) is 12.9. The predicted octanol–water partition coefficient (Wildman–Crippen LogP) is 17.9. The van der Waals surface area contributed by atoms with E-state index in [-0.39, 0.29) is 12.5 Å². The Bertz CT molecular complexity index is 871. The van der Waals surface area contributed by atoms with Crippen LogP contribution in [0.15, 0.2) is 24.3 Å². The fourth-order valence-electron chi connectivity index (χ4n) is 8.73. The Balaban J connectivity index is 3.40. The summed E-state index contributed by atoms with van der Waals surface area (Å²) in [5, 5.41) is 23.0. The molecule has 3 N–H and O–H groups in total. The van der Waals surface area contributed by atoms with Gasteiger partial charge in [-0.25, -0.2) is 0 Å². The van der Waals surface area contributed by atoms with Crippen molar-refractivity contribution in [3.8, 4) is 0 Å². The molecule has 4 heteroatoms. The van der Waals surface area contributed by atoms with Crippen molar-refractivity contribution in [1.82, 2.24) is 5.32 Å². The highest BCUT2D eigenvalue weighted by Crippen LogP contribution is 2.18. The van der Waals surface area contributed by atoms with Crippen LogP contribution in [0, 0.1) is 0 Å². The molecule has 2 unspecified atom stereocenters. The lowest BCUT2D eigenvalue weighted by Crippen LogP contribution is -2.45. The second kappa shape index (κ2) is 52.2. The first-order chi connectivity index (χ1) is 29.7. The van der Waals surface area contributed by atoms with Crippen LogP contribution in [-0.2, 0) is 4.79 Å². The van der Waals surface area contributed by atoms with Crippen LogP contribution in [0.2, 0.25) is 0 Å². The van der Waals surface area contributed by atoms with Gasteiger partial charge in [-0.1, -0.05) is 295 Å². The van der Waals surface area contributed by atoms with Crippen LogP contribution >= 0.6 is 0 Å². The Labute approximate surface area is 377 Å². The van der Waals surface area contributed by atoms with E-state index in [9.17, 15) is 15.0 Å². The Morgan fingerprint density at radius 2 is 0.650 bits per heavy atom. The van der Waals surface area contributed by atoms with Crippen LogP contribution in [0.1, 0.15) is 309 Å². The van der Waals surface area contributed by atoms with Crippen LogP contribution in [-0.4, -0.2) is 34.9 Å². The van der Waals surface area contributed by atoms with E-state index >= 15 is 0 Å². The zero-order valence-corrected chi connectivity index (χ0v) is 41.0. The van der Waals surface area contributed by atoms with Crippen molar-refractivity contribution in [2.75, 3.05) is 6.61 Å². The second-order valence-electron chi connectivity index (χ2n) is 19.0. The minimum atomic E-state index is -0.858. The molecule has 1 amide bonds. The number of hydrogen-bond acceptors (Lipinski definition) is 3. The Morgan fingerprint density at radius 3 is 0.967 bits per heavy atom. The minimum absolute atomic E-state index is 0.0683. The second-order valence-corrected chi connectivity index (χ2v) is 19.0. The van der Waals surface area contributed by atoms with Gasteiger partial charge in [0.2, 0.25) is 5.91 Å². The van der Waals surface area contributed by atoms with E-state index in [2.05, 4.69) is 31.3 Å². The minimum Gasteiger partial charge on any atom is -0.394 e. The quantitative estimate of drug-likeness (QED) is 0.0422. The highest BCUT2D eigenvalue weighted by molar-refractivity contribution is 5.76. The zero-order valence-electron chi connectivity index (χ0n) is 41.0. The molecule has 0 fully saturated rings. The maximum atomic E-state index is 12.4. The number of carbonyl (C=O) groups is 1. The molecule has 2 atom stereocenters. The summed E-state index contributed by atoms with van der Waals surface area (Å²) in [5.74, 6) is -0.0683. The highest BCUT2D eigenvalue weighted by atomic mass is 16.3. The van der Waals surface area contributed by atoms with Gasteiger partial charge in [-0.05, 0) is 32.1 Å². The van der Waals surface area contributed by atoms with E-state index in [0.29, 0.717) is 6.42 Å². The molecule has 60 heavy (non-hydrogen) atoms. The van der Waals surface area contributed by atoms with Crippen molar-refractivity contribution < 1.29 is 15.0 Å². The van der Waals surface area contributed by atoms with Crippen LogP contribution in [0.3, 0.4) is 0 Å². The SMILES string of the molecule is CCCCCCCCCC/C=C/CC/C=C/C(O)C(CO)NC(=O)CCCCCCCCCCCCCCCCCCCCCCCCCCCCCCCCCCCC. The van der Waals surface area contributed by atoms with E-state index < -0.39 is 12.1 Å². The maximum Gasteiger partial charge on any atom is 0.220 e. The van der Waals surface area contributed by atoms with Crippen LogP contribution in [0.25, 0.3) is 0 Å².